The summed E-state index contributed by atoms with van der Waals surface area (Å²) in [4.78, 5) is 25.9. The van der Waals surface area contributed by atoms with Gasteiger partial charge in [-0.25, -0.2) is 9.97 Å². The summed E-state index contributed by atoms with van der Waals surface area (Å²) in [5.41, 5.74) is 3.74. The van der Waals surface area contributed by atoms with E-state index in [1.54, 1.807) is 0 Å². The van der Waals surface area contributed by atoms with E-state index >= 15 is 0 Å². The lowest BCUT2D eigenvalue weighted by molar-refractivity contribution is -0.140. The van der Waals surface area contributed by atoms with Gasteiger partial charge in [0.15, 0.2) is 5.65 Å². The Kier molecular flexibility index (Phi) is 9.64. The number of hydrogen-bond donors (Lipinski definition) is 1. The van der Waals surface area contributed by atoms with Crippen LogP contribution in [-0.4, -0.2) is 45.8 Å². The van der Waals surface area contributed by atoms with Crippen LogP contribution in [0.3, 0.4) is 0 Å². The zero-order valence-corrected chi connectivity index (χ0v) is 23.1. The fraction of sp³-hybridized carbons (Fsp3) is 0.600. The molecule has 0 spiro atoms. The maximum absolute atomic E-state index is 11.2. The molecule has 1 saturated carbocycles. The molecule has 1 aromatic carbocycles. The molecule has 1 N–H and O–H groups in total. The van der Waals surface area contributed by atoms with Crippen LogP contribution in [0.2, 0.25) is 0 Å². The first-order valence-corrected chi connectivity index (χ1v) is 14.6. The van der Waals surface area contributed by atoms with Gasteiger partial charge in [0.05, 0.1) is 25.7 Å². The number of nitrogens with zero attached hydrogens (tertiary/aromatic N) is 4. The van der Waals surface area contributed by atoms with Gasteiger partial charge in [0.1, 0.15) is 17.5 Å². The average Bonchev–Trinajstić information content (AvgIpc) is 3.42. The quantitative estimate of drug-likeness (QED) is 0.199. The van der Waals surface area contributed by atoms with Crippen LogP contribution >= 0.6 is 0 Å². The number of fused-ring (bicyclic) bond motifs is 1. The van der Waals surface area contributed by atoms with Crippen molar-refractivity contribution in [1.82, 2.24) is 19.5 Å². The number of benzene rings is 1. The fourth-order valence-corrected chi connectivity index (χ4v) is 5.59. The predicted octanol–water partition coefficient (Wildman–Crippen LogP) is 6.82. The van der Waals surface area contributed by atoms with Crippen LogP contribution in [0.4, 0.5) is 11.6 Å². The first-order valence-electron chi connectivity index (χ1n) is 14.6. The van der Waals surface area contributed by atoms with Crippen molar-refractivity contribution in [3.05, 3.63) is 36.3 Å². The monoisotopic (exact) mass is 535 g/mol. The number of carbonyl (C=O) groups excluding carboxylic acids is 1. The number of carbonyl (C=O) groups is 1. The number of unbranched alkanes of at least 4 members (excludes halogenated alkanes) is 3. The van der Waals surface area contributed by atoms with Crippen molar-refractivity contribution in [2.75, 3.05) is 25.6 Å². The molecule has 39 heavy (non-hydrogen) atoms. The molecule has 1 aliphatic heterocycles. The molecule has 210 valence electrons. The van der Waals surface area contributed by atoms with E-state index in [0.29, 0.717) is 24.9 Å². The molecule has 9 heteroatoms. The topological polar surface area (TPSA) is 100 Å². The van der Waals surface area contributed by atoms with Gasteiger partial charge in [0.25, 0.3) is 0 Å². The van der Waals surface area contributed by atoms with Crippen LogP contribution in [0.1, 0.15) is 101 Å². The molecule has 0 bridgehead atoms. The normalized spacial score (nSPS) is 18.2. The Hall–Kier alpha value is -3.20. The first-order chi connectivity index (χ1) is 19.2. The van der Waals surface area contributed by atoms with Crippen LogP contribution in [-0.2, 0) is 14.3 Å². The van der Waals surface area contributed by atoms with E-state index < -0.39 is 0 Å². The minimum absolute atomic E-state index is 0.0185. The molecule has 2 aliphatic rings. The van der Waals surface area contributed by atoms with E-state index in [4.69, 9.17) is 24.4 Å². The lowest BCUT2D eigenvalue weighted by Crippen LogP contribution is -2.18. The molecule has 2 fully saturated rings. The summed E-state index contributed by atoms with van der Waals surface area (Å²) in [6, 6.07) is 7.95. The van der Waals surface area contributed by atoms with Gasteiger partial charge in [-0.3, -0.25) is 9.36 Å². The van der Waals surface area contributed by atoms with Gasteiger partial charge in [-0.2, -0.15) is 4.98 Å². The third kappa shape index (κ3) is 7.26. The van der Waals surface area contributed by atoms with E-state index in [9.17, 15) is 4.79 Å². The first kappa shape index (κ1) is 27.4. The van der Waals surface area contributed by atoms with E-state index in [-0.39, 0.29) is 12.2 Å². The SMILES string of the molecule is COC(=O)CCCCCCOc1ccc(Nc2nc(C3CCCCC3)c3ncn(C4CCCCO4)c3n2)cc1. The number of imidazole rings is 1. The lowest BCUT2D eigenvalue weighted by Gasteiger charge is -2.24. The Balaban J connectivity index is 1.23. The molecule has 9 nitrogen and oxygen atoms in total. The molecule has 3 heterocycles. The molecule has 2 aromatic heterocycles. The summed E-state index contributed by atoms with van der Waals surface area (Å²) in [6.07, 6.45) is 15.5. The van der Waals surface area contributed by atoms with Crippen molar-refractivity contribution in [3.63, 3.8) is 0 Å². The molecular weight excluding hydrogens is 494 g/mol. The molecule has 1 unspecified atom stereocenters. The van der Waals surface area contributed by atoms with Crippen molar-refractivity contribution >= 4 is 28.8 Å². The zero-order valence-electron chi connectivity index (χ0n) is 23.1. The highest BCUT2D eigenvalue weighted by Gasteiger charge is 2.26. The van der Waals surface area contributed by atoms with E-state index in [1.807, 2.05) is 30.6 Å². The van der Waals surface area contributed by atoms with Crippen molar-refractivity contribution in [2.24, 2.45) is 0 Å². The number of ether oxygens (including phenoxy) is 3. The summed E-state index contributed by atoms with van der Waals surface area (Å²) < 4.78 is 18.8. The Morgan fingerprint density at radius 3 is 2.56 bits per heavy atom. The Morgan fingerprint density at radius 2 is 1.79 bits per heavy atom. The predicted molar refractivity (Wildman–Crippen MR) is 150 cm³/mol. The van der Waals surface area contributed by atoms with E-state index in [1.165, 1.54) is 26.4 Å². The molecule has 3 aromatic rings. The van der Waals surface area contributed by atoms with Crippen LogP contribution < -0.4 is 10.1 Å². The number of anilines is 2. The number of nitrogens with one attached hydrogen (secondary N) is 1. The highest BCUT2D eigenvalue weighted by Crippen LogP contribution is 2.36. The molecule has 5 rings (SSSR count). The summed E-state index contributed by atoms with van der Waals surface area (Å²) in [7, 11) is 1.43. The van der Waals surface area contributed by atoms with Gasteiger partial charge in [-0.15, -0.1) is 0 Å². The van der Waals surface area contributed by atoms with Gasteiger partial charge in [0.2, 0.25) is 5.95 Å². The minimum atomic E-state index is -0.139. The fourth-order valence-electron chi connectivity index (χ4n) is 5.59. The lowest BCUT2D eigenvalue weighted by atomic mass is 9.86. The smallest absolute Gasteiger partial charge is 0.305 e. The maximum atomic E-state index is 11.2. The number of rotatable bonds is 12. The van der Waals surface area contributed by atoms with Crippen LogP contribution in [0.25, 0.3) is 11.2 Å². The second-order valence-electron chi connectivity index (χ2n) is 10.7. The standard InChI is InChI=1S/C30H41N5O4/c1-37-26(36)14-7-2-3-9-19-38-24-17-15-23(16-18-24)32-30-33-27(22-11-5-4-6-12-22)28-29(34-30)35(21-31-28)25-13-8-10-20-39-25/h15-18,21-22,25H,2-14,19-20H2,1H3,(H,32,33,34). The van der Waals surface area contributed by atoms with E-state index in [0.717, 1.165) is 92.7 Å². The molecule has 1 saturated heterocycles. The van der Waals surface area contributed by atoms with Crippen molar-refractivity contribution in [1.29, 1.82) is 0 Å². The molecule has 1 aliphatic carbocycles. The van der Waals surface area contributed by atoms with E-state index in [2.05, 4.69) is 14.6 Å². The molecule has 1 atom stereocenters. The number of esters is 1. The molecular formula is C30H41N5O4. The number of aromatic nitrogens is 4. The average molecular weight is 536 g/mol. The van der Waals surface area contributed by atoms with Crippen molar-refractivity contribution in [3.8, 4) is 5.75 Å². The van der Waals surface area contributed by atoms with Gasteiger partial charge in [0, 0.05) is 24.6 Å². The summed E-state index contributed by atoms with van der Waals surface area (Å²) >= 11 is 0. The van der Waals surface area contributed by atoms with Gasteiger partial charge in [-0.1, -0.05) is 32.1 Å². The van der Waals surface area contributed by atoms with Crippen LogP contribution in [0, 0.1) is 0 Å². The molecule has 0 radical (unpaired) electrons. The second kappa shape index (κ2) is 13.7. The van der Waals surface area contributed by atoms with Crippen LogP contribution in [0.15, 0.2) is 30.6 Å². The summed E-state index contributed by atoms with van der Waals surface area (Å²) in [6.45, 7) is 1.43. The largest absolute Gasteiger partial charge is 0.494 e. The van der Waals surface area contributed by atoms with Gasteiger partial charge < -0.3 is 19.5 Å². The zero-order chi connectivity index (χ0) is 26.9. The Labute approximate surface area is 230 Å². The third-order valence-corrected chi connectivity index (χ3v) is 7.79. The third-order valence-electron chi connectivity index (χ3n) is 7.79. The minimum Gasteiger partial charge on any atom is -0.494 e. The second-order valence-corrected chi connectivity index (χ2v) is 10.7. The number of methoxy groups -OCH3 is 1. The van der Waals surface area contributed by atoms with Crippen LogP contribution in [0.5, 0.6) is 5.75 Å². The summed E-state index contributed by atoms with van der Waals surface area (Å²) in [5.74, 6) is 1.71. The summed E-state index contributed by atoms with van der Waals surface area (Å²) in [5, 5.41) is 3.43. The van der Waals surface area contributed by atoms with Gasteiger partial charge >= 0.3 is 5.97 Å². The van der Waals surface area contributed by atoms with Gasteiger partial charge in [-0.05, 0) is 69.2 Å². The molecule has 0 amide bonds. The van der Waals surface area contributed by atoms with Crippen molar-refractivity contribution < 1.29 is 19.0 Å². The Morgan fingerprint density at radius 1 is 1.00 bits per heavy atom. The van der Waals surface area contributed by atoms with Crippen molar-refractivity contribution in [2.45, 2.75) is 95.6 Å². The highest BCUT2D eigenvalue weighted by molar-refractivity contribution is 5.76. The Bertz CT molecular complexity index is 1200. The number of hydrogen-bond acceptors (Lipinski definition) is 8. The highest BCUT2D eigenvalue weighted by atomic mass is 16.5. The maximum Gasteiger partial charge on any atom is 0.305 e.